The molecule has 0 spiro atoms. The van der Waals surface area contributed by atoms with Gasteiger partial charge < -0.3 is 64.4 Å². The summed E-state index contributed by atoms with van der Waals surface area (Å²) in [5, 5.41) is 76.0. The van der Waals surface area contributed by atoms with E-state index >= 15 is 0 Å². The molecule has 0 bridgehead atoms. The highest BCUT2D eigenvalue weighted by Crippen LogP contribution is 2.28. The molecule has 0 fully saturated rings. The summed E-state index contributed by atoms with van der Waals surface area (Å²) in [4.78, 5) is 41.6. The predicted molar refractivity (Wildman–Crippen MR) is 407 cm³/mol. The normalized spacial score (nSPS) is 12.5. The lowest BCUT2D eigenvalue weighted by Crippen LogP contribution is -2.65. The fourth-order valence-corrected chi connectivity index (χ4v) is 16.2. The van der Waals surface area contributed by atoms with Crippen LogP contribution in [-0.4, -0.2) is 164 Å². The second-order valence-corrected chi connectivity index (χ2v) is 33.1. The monoisotopic (exact) mass is 1400 g/mol. The van der Waals surface area contributed by atoms with E-state index in [0.717, 1.165) is 101 Å². The summed E-state index contributed by atoms with van der Waals surface area (Å²) in [5.41, 5.74) is -5.09. The number of carbonyl (C=O) groups excluding carboxylic acids is 3. The lowest BCUT2D eigenvalue weighted by molar-refractivity contribution is -0.910. The Morgan fingerprint density at radius 2 is 0.454 bits per heavy atom. The molecular formula is C80H163N4O12Si+. The van der Waals surface area contributed by atoms with Crippen LogP contribution in [0.1, 0.15) is 388 Å². The minimum Gasteiger partial charge on any atom is -0.394 e. The van der Waals surface area contributed by atoms with Crippen molar-refractivity contribution in [3.8, 4) is 0 Å². The molecule has 0 unspecified atom stereocenters. The zero-order valence-electron chi connectivity index (χ0n) is 64.7. The molecule has 0 atom stereocenters. The van der Waals surface area contributed by atoms with Crippen molar-refractivity contribution in [2.24, 2.45) is 0 Å². The molecule has 0 heterocycles. The number of aliphatic hydroxyl groups is 6. The van der Waals surface area contributed by atoms with E-state index in [0.29, 0.717) is 32.2 Å². The van der Waals surface area contributed by atoms with Gasteiger partial charge in [0.2, 0.25) is 17.7 Å². The smallest absolute Gasteiger partial charge is 0.394 e. The number of unbranched alkanes of at least 4 members (excludes halogenated alkanes) is 46. The highest BCUT2D eigenvalue weighted by atomic mass is 28.4. The Bertz CT molecular complexity index is 1570. The van der Waals surface area contributed by atoms with Crippen molar-refractivity contribution in [2.45, 2.75) is 410 Å². The van der Waals surface area contributed by atoms with E-state index in [1.807, 2.05) is 0 Å². The summed E-state index contributed by atoms with van der Waals surface area (Å²) in [5.74, 6) is -1.05. The van der Waals surface area contributed by atoms with E-state index in [9.17, 15) is 45.0 Å². The van der Waals surface area contributed by atoms with E-state index < -0.39 is 84.9 Å². The lowest BCUT2D eigenvalue weighted by Gasteiger charge is -2.41. The molecule has 0 saturated heterocycles. The van der Waals surface area contributed by atoms with E-state index in [1.54, 1.807) is 0 Å². The first-order valence-corrected chi connectivity index (χ1v) is 43.4. The van der Waals surface area contributed by atoms with Crippen LogP contribution in [0.2, 0.25) is 6.04 Å². The number of amides is 3. The molecule has 0 aromatic heterocycles. The van der Waals surface area contributed by atoms with Gasteiger partial charge in [0.05, 0.1) is 86.1 Å². The minimum atomic E-state index is -4.40. The van der Waals surface area contributed by atoms with Crippen LogP contribution >= 0.6 is 0 Å². The topological polar surface area (TPSA) is 236 Å². The van der Waals surface area contributed by atoms with Gasteiger partial charge in [-0.25, -0.2) is 0 Å². The molecule has 3 amide bonds. The molecule has 0 saturated carbocycles. The number of nitrogens with zero attached hydrogens (tertiary/aromatic N) is 1. The summed E-state index contributed by atoms with van der Waals surface area (Å²) < 4.78 is 21.8. The Balaban J connectivity index is 7.28. The van der Waals surface area contributed by atoms with Gasteiger partial charge in [-0.15, -0.1) is 0 Å². The van der Waals surface area contributed by atoms with Gasteiger partial charge in [0.25, 0.3) is 0 Å². The average Bonchev–Trinajstić information content (AvgIpc) is 0.831. The number of nitrogens with one attached hydrogen (secondary N) is 3. The third-order valence-corrected chi connectivity index (χ3v) is 23.3. The average molecular weight is 1400 g/mol. The maximum absolute atomic E-state index is 13.9. The molecule has 0 aliphatic carbocycles. The van der Waals surface area contributed by atoms with Crippen molar-refractivity contribution in [2.75, 3.05) is 86.1 Å². The lowest BCUT2D eigenvalue weighted by atomic mass is 10.0. The maximum Gasteiger partial charge on any atom is 0.501 e. The number of hydrogen-bond donors (Lipinski definition) is 9. The second-order valence-electron chi connectivity index (χ2n) is 30.4. The van der Waals surface area contributed by atoms with Gasteiger partial charge in [0, 0.05) is 31.7 Å². The molecule has 578 valence electrons. The van der Waals surface area contributed by atoms with Crippen LogP contribution in [0.3, 0.4) is 0 Å². The molecular weight excluding hydrogens is 1240 g/mol. The Kier molecular flexibility index (Phi) is 65.0. The summed E-state index contributed by atoms with van der Waals surface area (Å²) >= 11 is 0. The van der Waals surface area contributed by atoms with E-state index in [4.69, 9.17) is 13.3 Å². The molecule has 9 N–H and O–H groups in total. The molecule has 17 heteroatoms. The fraction of sp³-hybridized carbons (Fsp3) is 0.963. The zero-order valence-corrected chi connectivity index (χ0v) is 65.7. The quantitative estimate of drug-likeness (QED) is 0.0157. The van der Waals surface area contributed by atoms with E-state index in [-0.39, 0.29) is 43.0 Å². The molecule has 0 aliphatic heterocycles. The maximum atomic E-state index is 13.9. The number of hydrogen-bond acceptors (Lipinski definition) is 12. The highest BCUT2D eigenvalue weighted by molar-refractivity contribution is 6.60. The van der Waals surface area contributed by atoms with Crippen molar-refractivity contribution in [3.63, 3.8) is 0 Å². The summed E-state index contributed by atoms with van der Waals surface area (Å²) in [6, 6.07) is 0.134. The zero-order chi connectivity index (χ0) is 71.6. The van der Waals surface area contributed by atoms with Gasteiger partial charge in [-0.1, -0.05) is 317 Å². The van der Waals surface area contributed by atoms with Gasteiger partial charge in [-0.2, -0.15) is 0 Å². The SMILES string of the molecule is CCCCCCCCCCCCCC(=O)NC(CO)(CO)CO[Si](CCC[N+](C)(CCCCCCCCCCC)CCCCCCCCCCC)(OCC(CO)(CO)NC(=O)CCCCCCCCCCCCC)OCC(CO)(CO)NC(=O)CCCCCCCCCCCCC. The number of rotatable bonds is 78. The number of carbonyl (C=O) groups is 3. The molecule has 97 heavy (non-hydrogen) atoms. The van der Waals surface area contributed by atoms with Crippen molar-refractivity contribution in [3.05, 3.63) is 0 Å². The Hall–Kier alpha value is -1.77. The van der Waals surface area contributed by atoms with Crippen molar-refractivity contribution in [1.82, 2.24) is 16.0 Å². The summed E-state index contributed by atoms with van der Waals surface area (Å²) in [6.07, 6.45) is 60.3. The predicted octanol–water partition coefficient (Wildman–Crippen LogP) is 17.5. The standard InChI is InChI=1S/C80H162N4O12Si/c1-7-12-17-22-27-32-35-38-43-48-53-59-75(91)81-78(66-85,67-86)72-94-97(95-73-79(68-87,69-88)82-76(92)60-54-49-44-39-36-33-28-23-18-13-8-2,96-74-80(70-89,71-90)83-77(93)61-55-50-45-40-37-34-29-24-19-14-9-3)65-58-64-84(6,62-56-51-46-41-30-25-20-15-10-4)63-57-52-47-42-31-26-21-16-11-5/h85-90H,7-74H2,1-6H3,(H2-,81,82,83,91,92,93)/p+1. The molecule has 16 nitrogen and oxygen atoms in total. The fourth-order valence-electron chi connectivity index (χ4n) is 13.4. The van der Waals surface area contributed by atoms with Gasteiger partial charge >= 0.3 is 8.80 Å². The molecule has 0 aromatic carbocycles. The molecule has 0 aliphatic rings. The Morgan fingerprint density at radius 1 is 0.278 bits per heavy atom. The van der Waals surface area contributed by atoms with Crippen LogP contribution < -0.4 is 16.0 Å². The van der Waals surface area contributed by atoms with Crippen LogP contribution in [0, 0.1) is 0 Å². The van der Waals surface area contributed by atoms with Crippen molar-refractivity contribution >= 4 is 26.5 Å². The molecule has 0 aromatic rings. The first-order valence-electron chi connectivity index (χ1n) is 41.5. The third-order valence-electron chi connectivity index (χ3n) is 20.5. The highest BCUT2D eigenvalue weighted by Gasteiger charge is 2.49. The Morgan fingerprint density at radius 3 is 0.649 bits per heavy atom. The van der Waals surface area contributed by atoms with Crippen molar-refractivity contribution in [1.29, 1.82) is 0 Å². The van der Waals surface area contributed by atoms with Gasteiger partial charge in [0.1, 0.15) is 16.6 Å². The Labute approximate surface area is 599 Å². The molecule has 0 radical (unpaired) electrons. The van der Waals surface area contributed by atoms with Gasteiger partial charge in [-0.05, 0) is 44.9 Å². The first kappa shape index (κ1) is 95.2. The molecule has 0 rings (SSSR count). The summed E-state index contributed by atoms with van der Waals surface area (Å²) in [6.45, 7) is 8.31. The van der Waals surface area contributed by atoms with E-state index in [2.05, 4.69) is 57.6 Å². The largest absolute Gasteiger partial charge is 0.501 e. The van der Waals surface area contributed by atoms with Crippen LogP contribution in [0.5, 0.6) is 0 Å². The summed E-state index contributed by atoms with van der Waals surface area (Å²) in [7, 11) is -2.07. The first-order chi connectivity index (χ1) is 47.2. The number of aliphatic hydroxyl groups excluding tert-OH is 6. The van der Waals surface area contributed by atoms with E-state index in [1.165, 1.54) is 225 Å². The van der Waals surface area contributed by atoms with Crippen molar-refractivity contribution < 1.29 is 62.8 Å². The minimum absolute atomic E-state index is 0.134. The van der Waals surface area contributed by atoms with Crippen LogP contribution in [0.15, 0.2) is 0 Å². The van der Waals surface area contributed by atoms with Gasteiger partial charge in [-0.3, -0.25) is 14.4 Å². The third kappa shape index (κ3) is 52.8. The van der Waals surface area contributed by atoms with Crippen LogP contribution in [0.4, 0.5) is 0 Å². The number of quaternary nitrogens is 1. The second kappa shape index (κ2) is 66.2. The van der Waals surface area contributed by atoms with Crippen LogP contribution in [0.25, 0.3) is 0 Å². The van der Waals surface area contributed by atoms with Gasteiger partial charge in [0.15, 0.2) is 0 Å². The van der Waals surface area contributed by atoms with Crippen LogP contribution in [-0.2, 0) is 27.7 Å².